The molecule has 2 aliphatic heterocycles. The van der Waals surface area contributed by atoms with Crippen LogP contribution in [0.3, 0.4) is 0 Å². The second-order valence-electron chi connectivity index (χ2n) is 9.08. The van der Waals surface area contributed by atoms with Crippen LogP contribution < -0.4 is 10.6 Å². The van der Waals surface area contributed by atoms with Gasteiger partial charge in [-0.1, -0.05) is 25.1 Å². The van der Waals surface area contributed by atoms with Gasteiger partial charge in [0.15, 0.2) is 11.5 Å². The zero-order valence-electron chi connectivity index (χ0n) is 18.6. The van der Waals surface area contributed by atoms with Crippen molar-refractivity contribution in [2.75, 3.05) is 10.6 Å². The summed E-state index contributed by atoms with van der Waals surface area (Å²) in [6, 6.07) is 7.52. The smallest absolute Gasteiger partial charge is 0.226 e. The fourth-order valence-electron chi connectivity index (χ4n) is 4.83. The maximum Gasteiger partial charge on any atom is 0.226 e. The monoisotopic (exact) mass is 475 g/mol. The second-order valence-corrected chi connectivity index (χ2v) is 9.08. The molecule has 0 aliphatic carbocycles. The van der Waals surface area contributed by atoms with Gasteiger partial charge in [-0.15, -0.1) is 0 Å². The number of pyridine rings is 1. The highest BCUT2D eigenvalue weighted by Gasteiger charge is 2.42. The van der Waals surface area contributed by atoms with Gasteiger partial charge in [-0.25, -0.2) is 28.4 Å². The van der Waals surface area contributed by atoms with Gasteiger partial charge in [0.25, 0.3) is 0 Å². The van der Waals surface area contributed by atoms with Gasteiger partial charge in [0.05, 0.1) is 18.1 Å². The molecular formula is C24H19F2N7O2. The summed E-state index contributed by atoms with van der Waals surface area (Å²) in [4.78, 5) is 38.2. The van der Waals surface area contributed by atoms with Crippen LogP contribution in [0, 0.1) is 11.6 Å². The molecule has 5 heterocycles. The van der Waals surface area contributed by atoms with Crippen molar-refractivity contribution in [1.82, 2.24) is 24.7 Å². The van der Waals surface area contributed by atoms with E-state index in [0.717, 1.165) is 6.20 Å². The van der Waals surface area contributed by atoms with Gasteiger partial charge in [0.1, 0.15) is 29.0 Å². The van der Waals surface area contributed by atoms with Gasteiger partial charge < -0.3 is 10.6 Å². The van der Waals surface area contributed by atoms with Crippen molar-refractivity contribution in [2.45, 2.75) is 38.1 Å². The van der Waals surface area contributed by atoms with E-state index < -0.39 is 17.0 Å². The number of carbonyl (C=O) groups excluding carboxylic acids is 2. The van der Waals surface area contributed by atoms with Crippen molar-refractivity contribution in [2.24, 2.45) is 0 Å². The third kappa shape index (κ3) is 3.50. The lowest BCUT2D eigenvalue weighted by atomic mass is 9.74. The molecule has 3 aromatic heterocycles. The molecule has 9 nitrogen and oxygen atoms in total. The molecule has 2 N–H and O–H groups in total. The van der Waals surface area contributed by atoms with E-state index in [1.165, 1.54) is 16.8 Å². The SMILES string of the molecule is CC12CCC(=O)Nc3nc(-c4nn(Cc5ccccc5F)c5ncc(F)cc45)nc(c31)NC(=O)C2. The molecule has 0 saturated heterocycles. The average molecular weight is 475 g/mol. The molecule has 0 saturated carbocycles. The van der Waals surface area contributed by atoms with E-state index in [1.807, 2.05) is 6.92 Å². The van der Waals surface area contributed by atoms with Crippen LogP contribution in [0.25, 0.3) is 22.6 Å². The van der Waals surface area contributed by atoms with E-state index in [0.29, 0.717) is 28.6 Å². The number of benzene rings is 1. The van der Waals surface area contributed by atoms with Gasteiger partial charge in [-0.3, -0.25) is 9.59 Å². The number of hydrogen-bond acceptors (Lipinski definition) is 6. The highest BCUT2D eigenvalue weighted by atomic mass is 19.1. The maximum atomic E-state index is 14.3. The first-order valence-corrected chi connectivity index (χ1v) is 11.1. The zero-order valence-corrected chi connectivity index (χ0v) is 18.6. The third-order valence-corrected chi connectivity index (χ3v) is 6.53. The minimum absolute atomic E-state index is 0.0468. The summed E-state index contributed by atoms with van der Waals surface area (Å²) in [6.07, 6.45) is 1.98. The number of amides is 2. The van der Waals surface area contributed by atoms with Crippen LogP contribution in [0.1, 0.15) is 37.3 Å². The molecule has 0 bridgehead atoms. The van der Waals surface area contributed by atoms with Crippen molar-refractivity contribution in [3.05, 3.63) is 59.3 Å². The molecule has 2 amide bonds. The van der Waals surface area contributed by atoms with Crippen molar-refractivity contribution in [3.8, 4) is 11.5 Å². The Morgan fingerprint density at radius 1 is 1.09 bits per heavy atom. The molecular weight excluding hydrogens is 456 g/mol. The molecule has 4 aromatic rings. The molecule has 0 spiro atoms. The Labute approximate surface area is 197 Å². The Bertz CT molecular complexity index is 1550. The summed E-state index contributed by atoms with van der Waals surface area (Å²) in [5, 5.41) is 10.5. The largest absolute Gasteiger partial charge is 0.310 e. The normalized spacial score (nSPS) is 19.2. The fraction of sp³-hybridized carbons (Fsp3) is 0.250. The highest BCUT2D eigenvalue weighted by Crippen LogP contribution is 2.46. The number of halogens is 2. The molecule has 176 valence electrons. The van der Waals surface area contributed by atoms with Crippen LogP contribution in [0.4, 0.5) is 20.4 Å². The first-order chi connectivity index (χ1) is 16.8. The number of carbonyl (C=O) groups is 2. The molecule has 2 aliphatic rings. The molecule has 11 heteroatoms. The van der Waals surface area contributed by atoms with Gasteiger partial charge in [0.2, 0.25) is 11.8 Å². The van der Waals surface area contributed by atoms with Crippen LogP contribution in [-0.4, -0.2) is 36.5 Å². The fourth-order valence-corrected chi connectivity index (χ4v) is 4.83. The van der Waals surface area contributed by atoms with Crippen LogP contribution in [0.5, 0.6) is 0 Å². The summed E-state index contributed by atoms with van der Waals surface area (Å²) in [5.74, 6) is -0.779. The number of aromatic nitrogens is 5. The van der Waals surface area contributed by atoms with E-state index in [-0.39, 0.29) is 54.4 Å². The predicted molar refractivity (Wildman–Crippen MR) is 122 cm³/mol. The minimum atomic E-state index is -0.607. The summed E-state index contributed by atoms with van der Waals surface area (Å²) in [6.45, 7) is 1.96. The van der Waals surface area contributed by atoms with E-state index in [4.69, 9.17) is 0 Å². The summed E-state index contributed by atoms with van der Waals surface area (Å²) >= 11 is 0. The second kappa shape index (κ2) is 7.62. The van der Waals surface area contributed by atoms with Gasteiger partial charge >= 0.3 is 0 Å². The minimum Gasteiger partial charge on any atom is -0.310 e. The van der Waals surface area contributed by atoms with Gasteiger partial charge in [0, 0.05) is 29.4 Å². The molecule has 0 radical (unpaired) electrons. The molecule has 1 unspecified atom stereocenters. The Morgan fingerprint density at radius 2 is 1.83 bits per heavy atom. The van der Waals surface area contributed by atoms with Crippen LogP contribution in [0.2, 0.25) is 0 Å². The average Bonchev–Trinajstić information content (AvgIpc) is 3.09. The summed E-state index contributed by atoms with van der Waals surface area (Å²) < 4.78 is 30.0. The lowest BCUT2D eigenvalue weighted by molar-refractivity contribution is -0.119. The molecule has 35 heavy (non-hydrogen) atoms. The van der Waals surface area contributed by atoms with E-state index >= 15 is 0 Å². The maximum absolute atomic E-state index is 14.3. The Hall–Kier alpha value is -4.28. The highest BCUT2D eigenvalue weighted by molar-refractivity contribution is 6.00. The lowest BCUT2D eigenvalue weighted by Crippen LogP contribution is -2.35. The molecule has 1 atom stereocenters. The number of rotatable bonds is 3. The lowest BCUT2D eigenvalue weighted by Gasteiger charge is -2.34. The topological polar surface area (TPSA) is 115 Å². The Kier molecular flexibility index (Phi) is 4.63. The number of nitrogens with zero attached hydrogens (tertiary/aromatic N) is 5. The number of nitrogens with one attached hydrogen (secondary N) is 2. The van der Waals surface area contributed by atoms with Crippen LogP contribution >= 0.6 is 0 Å². The van der Waals surface area contributed by atoms with Gasteiger partial charge in [-0.05, 0) is 18.6 Å². The standard InChI is InChI=1S/C24H19F2N7O2/c1-24-7-6-16(34)28-20-18(24)21(29-17(35)9-24)31-22(30-20)19-14-8-13(25)10-27-23(14)33(32-19)11-12-4-2-3-5-15(12)26/h2-5,8,10H,6-7,9,11H2,1H3,(H2,28,29,30,31,34,35). The number of anilines is 2. The third-order valence-electron chi connectivity index (χ3n) is 6.53. The molecule has 0 fully saturated rings. The first-order valence-electron chi connectivity index (χ1n) is 11.1. The summed E-state index contributed by atoms with van der Waals surface area (Å²) in [5.41, 5.74) is 0.941. The Balaban J connectivity index is 1.56. The van der Waals surface area contributed by atoms with E-state index in [2.05, 4.69) is 30.7 Å². The first kappa shape index (κ1) is 21.3. The zero-order chi connectivity index (χ0) is 24.3. The van der Waals surface area contributed by atoms with Crippen molar-refractivity contribution in [3.63, 3.8) is 0 Å². The molecule has 6 rings (SSSR count). The quantitative estimate of drug-likeness (QED) is 0.468. The van der Waals surface area contributed by atoms with Crippen molar-refractivity contribution in [1.29, 1.82) is 0 Å². The van der Waals surface area contributed by atoms with Crippen LogP contribution in [0.15, 0.2) is 36.5 Å². The molecule has 1 aromatic carbocycles. The number of fused-ring (bicyclic) bond motifs is 1. The predicted octanol–water partition coefficient (Wildman–Crippen LogP) is 3.55. The van der Waals surface area contributed by atoms with Crippen molar-refractivity contribution >= 4 is 34.5 Å². The van der Waals surface area contributed by atoms with Gasteiger partial charge in [-0.2, -0.15) is 5.10 Å². The summed E-state index contributed by atoms with van der Waals surface area (Å²) in [7, 11) is 0. The van der Waals surface area contributed by atoms with Crippen LogP contribution in [-0.2, 0) is 21.5 Å². The Morgan fingerprint density at radius 3 is 2.60 bits per heavy atom. The number of hydrogen-bond donors (Lipinski definition) is 2. The van der Waals surface area contributed by atoms with Crippen molar-refractivity contribution < 1.29 is 18.4 Å². The van der Waals surface area contributed by atoms with E-state index in [1.54, 1.807) is 18.2 Å². The van der Waals surface area contributed by atoms with E-state index in [9.17, 15) is 18.4 Å².